The van der Waals surface area contributed by atoms with Gasteiger partial charge in [0.15, 0.2) is 5.82 Å². The molecule has 7 heteroatoms. The van der Waals surface area contributed by atoms with E-state index in [9.17, 15) is 14.0 Å². The van der Waals surface area contributed by atoms with Crippen LogP contribution in [0.4, 0.5) is 10.1 Å². The molecule has 2 aliphatic heterocycles. The molecule has 1 aromatic heterocycles. The number of fused-ring (bicyclic) bond motifs is 1. The Labute approximate surface area is 163 Å². The Morgan fingerprint density at radius 2 is 2.00 bits per heavy atom. The number of carbonyl (C=O) groups is 2. The summed E-state index contributed by atoms with van der Waals surface area (Å²) in [5.74, 6) is -0.423. The second kappa shape index (κ2) is 7.73. The van der Waals surface area contributed by atoms with E-state index in [1.807, 2.05) is 9.47 Å². The van der Waals surface area contributed by atoms with Gasteiger partial charge in [-0.15, -0.1) is 0 Å². The molecule has 1 N–H and O–H groups in total. The first-order valence-electron chi connectivity index (χ1n) is 9.99. The van der Waals surface area contributed by atoms with Crippen LogP contribution in [-0.2, 0) is 13.0 Å². The van der Waals surface area contributed by atoms with E-state index in [0.29, 0.717) is 18.2 Å². The zero-order valence-electron chi connectivity index (χ0n) is 16.1. The van der Waals surface area contributed by atoms with Gasteiger partial charge in [-0.3, -0.25) is 9.59 Å². The fraction of sp³-hybridized carbons (Fsp3) is 0.476. The topological polar surface area (TPSA) is 67.2 Å². The summed E-state index contributed by atoms with van der Waals surface area (Å²) in [7, 11) is 0. The van der Waals surface area contributed by atoms with Crippen LogP contribution in [-0.4, -0.2) is 39.4 Å². The first-order chi connectivity index (χ1) is 13.5. The average Bonchev–Trinajstić information content (AvgIpc) is 3.09. The summed E-state index contributed by atoms with van der Waals surface area (Å²) in [4.78, 5) is 32.2. The highest BCUT2D eigenvalue weighted by Crippen LogP contribution is 2.25. The molecular formula is C21H25FN4O2. The number of carbonyl (C=O) groups excluding carboxylic acids is 2. The van der Waals surface area contributed by atoms with Gasteiger partial charge < -0.3 is 14.8 Å². The number of anilines is 1. The Hall–Kier alpha value is -2.70. The lowest BCUT2D eigenvalue weighted by Gasteiger charge is -2.30. The molecule has 0 bridgehead atoms. The van der Waals surface area contributed by atoms with E-state index < -0.39 is 11.7 Å². The van der Waals surface area contributed by atoms with E-state index in [4.69, 9.17) is 0 Å². The largest absolute Gasteiger partial charge is 0.337 e. The molecule has 2 amide bonds. The van der Waals surface area contributed by atoms with Crippen LogP contribution in [0.15, 0.2) is 24.3 Å². The van der Waals surface area contributed by atoms with Crippen molar-refractivity contribution in [3.05, 3.63) is 47.3 Å². The molecule has 1 atom stereocenters. The number of amides is 2. The van der Waals surface area contributed by atoms with Gasteiger partial charge in [0.2, 0.25) is 0 Å². The molecule has 6 nitrogen and oxygen atoms in total. The lowest BCUT2D eigenvalue weighted by atomic mass is 9.99. The van der Waals surface area contributed by atoms with Gasteiger partial charge in [0, 0.05) is 19.6 Å². The number of rotatable bonds is 3. The van der Waals surface area contributed by atoms with Gasteiger partial charge in [0.25, 0.3) is 11.8 Å². The van der Waals surface area contributed by atoms with Crippen molar-refractivity contribution in [3.8, 4) is 0 Å². The molecule has 28 heavy (non-hydrogen) atoms. The molecule has 1 saturated heterocycles. The summed E-state index contributed by atoms with van der Waals surface area (Å²) in [6.45, 7) is 4.25. The van der Waals surface area contributed by atoms with E-state index in [1.54, 1.807) is 12.1 Å². The second-order valence-corrected chi connectivity index (χ2v) is 7.77. The maximum atomic E-state index is 13.9. The number of hydrogen-bond acceptors (Lipinski definition) is 3. The summed E-state index contributed by atoms with van der Waals surface area (Å²) in [5.41, 5.74) is 1.32. The summed E-state index contributed by atoms with van der Waals surface area (Å²) >= 11 is 0. The third-order valence-corrected chi connectivity index (χ3v) is 5.59. The smallest absolute Gasteiger partial charge is 0.291 e. The van der Waals surface area contributed by atoms with Gasteiger partial charge in [0.05, 0.1) is 11.4 Å². The molecule has 148 valence electrons. The summed E-state index contributed by atoms with van der Waals surface area (Å²) in [6.07, 6.45) is 4.74. The highest BCUT2D eigenvalue weighted by atomic mass is 19.1. The van der Waals surface area contributed by atoms with Gasteiger partial charge in [-0.05, 0) is 50.2 Å². The number of nitrogens with one attached hydrogen (secondary N) is 1. The standard InChI is InChI=1S/C21H25FN4O2/c1-14-7-6-11-25(13-14)21(28)18-17-10-4-5-12-26(17)19(24-18)20(27)23-16-9-3-2-8-15(16)22/h2-3,8-9,14H,4-7,10-13H2,1H3,(H,23,27). The quantitative estimate of drug-likeness (QED) is 0.881. The van der Waals surface area contributed by atoms with E-state index in [2.05, 4.69) is 17.2 Å². The highest BCUT2D eigenvalue weighted by molar-refractivity contribution is 6.03. The molecule has 0 radical (unpaired) electrons. The molecule has 0 spiro atoms. The lowest BCUT2D eigenvalue weighted by molar-refractivity contribution is 0.0676. The molecule has 1 unspecified atom stereocenters. The number of para-hydroxylation sites is 1. The van der Waals surface area contributed by atoms with Crippen molar-refractivity contribution in [1.29, 1.82) is 0 Å². The van der Waals surface area contributed by atoms with Crippen molar-refractivity contribution in [3.63, 3.8) is 0 Å². The summed E-state index contributed by atoms with van der Waals surface area (Å²) < 4.78 is 15.7. The normalized spacial score (nSPS) is 19.2. The number of halogens is 1. The summed E-state index contributed by atoms with van der Waals surface area (Å²) in [6, 6.07) is 6.03. The number of hydrogen-bond donors (Lipinski definition) is 1. The average molecular weight is 384 g/mol. The third kappa shape index (κ3) is 3.53. The Morgan fingerprint density at radius 1 is 1.18 bits per heavy atom. The predicted molar refractivity (Wildman–Crippen MR) is 104 cm³/mol. The predicted octanol–water partition coefficient (Wildman–Crippen LogP) is 3.48. The first kappa shape index (κ1) is 18.7. The molecule has 1 aromatic carbocycles. The minimum absolute atomic E-state index is 0.0952. The van der Waals surface area contributed by atoms with Crippen LogP contribution < -0.4 is 5.32 Å². The van der Waals surface area contributed by atoms with Crippen molar-refractivity contribution in [1.82, 2.24) is 14.5 Å². The number of likely N-dealkylation sites (tertiary alicyclic amines) is 1. The van der Waals surface area contributed by atoms with E-state index in [0.717, 1.165) is 50.9 Å². The summed E-state index contributed by atoms with van der Waals surface area (Å²) in [5, 5.41) is 2.59. The van der Waals surface area contributed by atoms with Crippen molar-refractivity contribution < 1.29 is 14.0 Å². The van der Waals surface area contributed by atoms with Crippen LogP contribution in [0.2, 0.25) is 0 Å². The Kier molecular flexibility index (Phi) is 5.15. The molecule has 4 rings (SSSR count). The zero-order valence-corrected chi connectivity index (χ0v) is 16.1. The van der Waals surface area contributed by atoms with E-state index in [1.165, 1.54) is 12.1 Å². The van der Waals surface area contributed by atoms with Crippen LogP contribution in [0, 0.1) is 11.7 Å². The minimum Gasteiger partial charge on any atom is -0.337 e. The zero-order chi connectivity index (χ0) is 19.7. The van der Waals surface area contributed by atoms with Crippen molar-refractivity contribution >= 4 is 17.5 Å². The van der Waals surface area contributed by atoms with Crippen LogP contribution >= 0.6 is 0 Å². The van der Waals surface area contributed by atoms with Crippen molar-refractivity contribution in [2.45, 2.75) is 45.6 Å². The van der Waals surface area contributed by atoms with E-state index in [-0.39, 0.29) is 17.4 Å². The number of imidazole rings is 1. The van der Waals surface area contributed by atoms with Crippen molar-refractivity contribution in [2.24, 2.45) is 5.92 Å². The maximum absolute atomic E-state index is 13.9. The Bertz CT molecular complexity index is 908. The van der Waals surface area contributed by atoms with Crippen LogP contribution in [0.1, 0.15) is 59.4 Å². The Balaban J connectivity index is 1.64. The van der Waals surface area contributed by atoms with Gasteiger partial charge >= 0.3 is 0 Å². The van der Waals surface area contributed by atoms with Crippen LogP contribution in [0.5, 0.6) is 0 Å². The molecule has 2 aliphatic rings. The molecule has 3 heterocycles. The third-order valence-electron chi connectivity index (χ3n) is 5.59. The van der Waals surface area contributed by atoms with Gasteiger partial charge in [-0.25, -0.2) is 9.37 Å². The molecule has 1 fully saturated rings. The number of nitrogens with zero attached hydrogens (tertiary/aromatic N) is 3. The molecule has 0 saturated carbocycles. The maximum Gasteiger partial charge on any atom is 0.291 e. The fourth-order valence-corrected chi connectivity index (χ4v) is 4.15. The number of aromatic nitrogens is 2. The highest BCUT2D eigenvalue weighted by Gasteiger charge is 2.31. The first-order valence-corrected chi connectivity index (χ1v) is 9.99. The molecule has 0 aliphatic carbocycles. The SMILES string of the molecule is CC1CCCN(C(=O)c2nc(C(=O)Nc3ccccc3F)n3c2CCCC3)C1. The van der Waals surface area contributed by atoms with Crippen LogP contribution in [0.3, 0.4) is 0 Å². The second-order valence-electron chi connectivity index (χ2n) is 7.77. The minimum atomic E-state index is -0.500. The number of benzene rings is 1. The monoisotopic (exact) mass is 384 g/mol. The van der Waals surface area contributed by atoms with Gasteiger partial charge in [0.1, 0.15) is 11.5 Å². The molecule has 2 aromatic rings. The van der Waals surface area contributed by atoms with Crippen molar-refractivity contribution in [2.75, 3.05) is 18.4 Å². The molecular weight excluding hydrogens is 359 g/mol. The fourth-order valence-electron chi connectivity index (χ4n) is 4.15. The Morgan fingerprint density at radius 3 is 2.79 bits per heavy atom. The van der Waals surface area contributed by atoms with E-state index >= 15 is 0 Å². The van der Waals surface area contributed by atoms with Gasteiger partial charge in [-0.2, -0.15) is 0 Å². The van der Waals surface area contributed by atoms with Gasteiger partial charge in [-0.1, -0.05) is 19.1 Å². The number of piperidine rings is 1. The lowest BCUT2D eigenvalue weighted by Crippen LogP contribution is -2.39. The van der Waals surface area contributed by atoms with Crippen LogP contribution in [0.25, 0.3) is 0 Å².